The fraction of sp³-hybridized carbons (Fsp3) is 0.133. The summed E-state index contributed by atoms with van der Waals surface area (Å²) in [7, 11) is 0. The molecule has 8 heteroatoms. The summed E-state index contributed by atoms with van der Waals surface area (Å²) in [6.45, 7) is 0. The number of ether oxygens (including phenoxy) is 1. The molecule has 2 aliphatic heterocycles. The van der Waals surface area contributed by atoms with E-state index in [4.69, 9.17) is 4.74 Å². The molecule has 8 nitrogen and oxygen atoms in total. The van der Waals surface area contributed by atoms with Crippen molar-refractivity contribution in [1.29, 1.82) is 0 Å². The average molecular weight is 314 g/mol. The molecule has 0 spiro atoms. The van der Waals surface area contributed by atoms with Crippen LogP contribution in [0.15, 0.2) is 36.4 Å². The molecule has 0 bridgehead atoms. The van der Waals surface area contributed by atoms with Crippen LogP contribution in [0.25, 0.3) is 0 Å². The van der Waals surface area contributed by atoms with Crippen molar-refractivity contribution in [3.63, 3.8) is 0 Å². The largest absolute Gasteiger partial charge is 0.448 e. The minimum atomic E-state index is -1.17. The first-order valence-corrected chi connectivity index (χ1v) is 6.66. The van der Waals surface area contributed by atoms with Gasteiger partial charge in [0.1, 0.15) is 0 Å². The lowest BCUT2D eigenvalue weighted by molar-refractivity contribution is -0.128. The monoisotopic (exact) mass is 314 g/mol. The zero-order valence-electron chi connectivity index (χ0n) is 11.6. The Morgan fingerprint density at radius 1 is 1.13 bits per heavy atom. The van der Waals surface area contributed by atoms with Gasteiger partial charge in [-0.15, -0.1) is 0 Å². The Hall–Kier alpha value is -3.29. The summed E-state index contributed by atoms with van der Waals surface area (Å²) >= 11 is 0. The maximum Gasteiger partial charge on any atom is 0.339 e. The Balaban J connectivity index is 1.78. The minimum Gasteiger partial charge on any atom is -0.448 e. The SMILES string of the molecule is O=C1CC(OC(=O)c2cccc(N3C(=O)C=CC3=O)c2)C(=O)N1. The van der Waals surface area contributed by atoms with Crippen molar-refractivity contribution in [2.75, 3.05) is 4.90 Å². The van der Waals surface area contributed by atoms with Gasteiger partial charge in [-0.05, 0) is 18.2 Å². The van der Waals surface area contributed by atoms with E-state index in [1.807, 2.05) is 5.32 Å². The molecule has 1 fully saturated rings. The smallest absolute Gasteiger partial charge is 0.339 e. The number of carbonyl (C=O) groups is 5. The summed E-state index contributed by atoms with van der Waals surface area (Å²) in [5.74, 6) is -3.04. The fourth-order valence-electron chi connectivity index (χ4n) is 2.25. The van der Waals surface area contributed by atoms with E-state index in [2.05, 4.69) is 0 Å². The van der Waals surface area contributed by atoms with Crippen LogP contribution in [-0.4, -0.2) is 35.7 Å². The summed E-state index contributed by atoms with van der Waals surface area (Å²) in [5, 5.41) is 2.03. The second-order valence-corrected chi connectivity index (χ2v) is 4.91. The van der Waals surface area contributed by atoms with Gasteiger partial charge in [0.2, 0.25) is 5.91 Å². The Morgan fingerprint density at radius 2 is 1.83 bits per heavy atom. The molecular weight excluding hydrogens is 304 g/mol. The van der Waals surface area contributed by atoms with E-state index >= 15 is 0 Å². The molecule has 1 N–H and O–H groups in total. The van der Waals surface area contributed by atoms with Gasteiger partial charge >= 0.3 is 5.97 Å². The predicted molar refractivity (Wildman–Crippen MR) is 75.0 cm³/mol. The van der Waals surface area contributed by atoms with Crippen molar-refractivity contribution in [2.24, 2.45) is 0 Å². The van der Waals surface area contributed by atoms with E-state index in [-0.39, 0.29) is 17.7 Å². The average Bonchev–Trinajstić information content (AvgIpc) is 3.01. The third-order valence-corrected chi connectivity index (χ3v) is 3.32. The molecule has 0 radical (unpaired) electrons. The van der Waals surface area contributed by atoms with Crippen LogP contribution in [0.3, 0.4) is 0 Å². The standard InChI is InChI=1S/C15H10N2O6/c18-11-7-10(14(21)16-11)23-15(22)8-2-1-3-9(6-8)17-12(19)4-5-13(17)20/h1-6,10H,7H2,(H,16,18,21). The van der Waals surface area contributed by atoms with Gasteiger partial charge in [-0.1, -0.05) is 6.07 Å². The number of rotatable bonds is 3. The number of imide groups is 2. The normalized spacial score (nSPS) is 20.2. The van der Waals surface area contributed by atoms with Crippen LogP contribution in [0.5, 0.6) is 0 Å². The Bertz CT molecular complexity index is 764. The highest BCUT2D eigenvalue weighted by Crippen LogP contribution is 2.21. The summed E-state index contributed by atoms with van der Waals surface area (Å²) < 4.78 is 4.98. The van der Waals surface area contributed by atoms with Crippen molar-refractivity contribution in [3.05, 3.63) is 42.0 Å². The van der Waals surface area contributed by atoms with Crippen molar-refractivity contribution in [1.82, 2.24) is 5.32 Å². The zero-order chi connectivity index (χ0) is 16.6. The molecule has 1 saturated heterocycles. The molecule has 2 aliphatic rings. The molecule has 1 atom stereocenters. The van der Waals surface area contributed by atoms with Gasteiger partial charge in [-0.2, -0.15) is 0 Å². The van der Waals surface area contributed by atoms with E-state index in [9.17, 15) is 24.0 Å². The molecular formula is C15H10N2O6. The molecule has 1 aromatic carbocycles. The van der Waals surface area contributed by atoms with E-state index in [1.165, 1.54) is 24.3 Å². The van der Waals surface area contributed by atoms with E-state index in [0.717, 1.165) is 17.1 Å². The summed E-state index contributed by atoms with van der Waals surface area (Å²) in [6.07, 6.45) is 0.858. The molecule has 4 amide bonds. The number of hydrogen-bond acceptors (Lipinski definition) is 6. The van der Waals surface area contributed by atoms with Crippen molar-refractivity contribution in [2.45, 2.75) is 12.5 Å². The van der Waals surface area contributed by atoms with Crippen LogP contribution in [0.1, 0.15) is 16.8 Å². The van der Waals surface area contributed by atoms with Crippen LogP contribution >= 0.6 is 0 Å². The van der Waals surface area contributed by atoms with Crippen molar-refractivity contribution >= 4 is 35.3 Å². The maximum atomic E-state index is 12.1. The second-order valence-electron chi connectivity index (χ2n) is 4.91. The van der Waals surface area contributed by atoms with Gasteiger partial charge in [-0.25, -0.2) is 9.69 Å². The van der Waals surface area contributed by atoms with Crippen LogP contribution in [-0.2, 0) is 23.9 Å². The number of hydrogen-bond donors (Lipinski definition) is 1. The lowest BCUT2D eigenvalue weighted by atomic mass is 10.2. The predicted octanol–water partition coefficient (Wildman–Crippen LogP) is -0.312. The van der Waals surface area contributed by atoms with Crippen LogP contribution in [0.2, 0.25) is 0 Å². The van der Waals surface area contributed by atoms with Gasteiger partial charge in [0.25, 0.3) is 17.7 Å². The van der Waals surface area contributed by atoms with E-state index in [0.29, 0.717) is 0 Å². The van der Waals surface area contributed by atoms with Crippen LogP contribution in [0.4, 0.5) is 5.69 Å². The summed E-state index contributed by atoms with van der Waals surface area (Å²) in [6, 6.07) is 5.69. The third kappa shape index (κ3) is 2.73. The van der Waals surface area contributed by atoms with Gasteiger partial charge in [0.15, 0.2) is 6.10 Å². The molecule has 1 unspecified atom stereocenters. The number of amides is 4. The van der Waals surface area contributed by atoms with Gasteiger partial charge < -0.3 is 4.74 Å². The second kappa shape index (κ2) is 5.48. The molecule has 3 rings (SSSR count). The number of anilines is 1. The highest BCUT2D eigenvalue weighted by Gasteiger charge is 2.34. The molecule has 2 heterocycles. The summed E-state index contributed by atoms with van der Waals surface area (Å²) in [5.41, 5.74) is 0.272. The Morgan fingerprint density at radius 3 is 2.43 bits per heavy atom. The van der Waals surface area contributed by atoms with Crippen molar-refractivity contribution < 1.29 is 28.7 Å². The lowest BCUT2D eigenvalue weighted by Crippen LogP contribution is -2.30. The molecule has 116 valence electrons. The quantitative estimate of drug-likeness (QED) is 0.605. The van der Waals surface area contributed by atoms with E-state index < -0.39 is 35.7 Å². The van der Waals surface area contributed by atoms with Crippen LogP contribution in [0, 0.1) is 0 Å². The zero-order valence-corrected chi connectivity index (χ0v) is 11.6. The van der Waals surface area contributed by atoms with Gasteiger partial charge in [0.05, 0.1) is 17.7 Å². The van der Waals surface area contributed by atoms with Gasteiger partial charge in [-0.3, -0.25) is 24.5 Å². The number of benzene rings is 1. The highest BCUT2D eigenvalue weighted by molar-refractivity contribution is 6.28. The topological polar surface area (TPSA) is 110 Å². The fourth-order valence-corrected chi connectivity index (χ4v) is 2.25. The lowest BCUT2D eigenvalue weighted by Gasteiger charge is -2.15. The molecule has 23 heavy (non-hydrogen) atoms. The minimum absolute atomic E-state index is 0.0575. The summed E-state index contributed by atoms with van der Waals surface area (Å²) in [4.78, 5) is 58.7. The third-order valence-electron chi connectivity index (χ3n) is 3.32. The number of nitrogens with one attached hydrogen (secondary N) is 1. The Labute approximate surface area is 129 Å². The maximum absolute atomic E-state index is 12.1. The molecule has 0 aliphatic carbocycles. The molecule has 0 aromatic heterocycles. The molecule has 0 saturated carbocycles. The Kier molecular flexibility index (Phi) is 3.49. The first-order chi connectivity index (χ1) is 11.0. The van der Waals surface area contributed by atoms with Crippen LogP contribution < -0.4 is 10.2 Å². The molecule has 1 aromatic rings. The number of carbonyl (C=O) groups excluding carboxylic acids is 5. The first-order valence-electron chi connectivity index (χ1n) is 6.66. The number of nitrogens with zero attached hydrogens (tertiary/aromatic N) is 1. The van der Waals surface area contributed by atoms with Gasteiger partial charge in [0, 0.05) is 12.2 Å². The van der Waals surface area contributed by atoms with E-state index in [1.54, 1.807) is 0 Å². The number of esters is 1. The highest BCUT2D eigenvalue weighted by atomic mass is 16.5. The van der Waals surface area contributed by atoms with Crippen molar-refractivity contribution in [3.8, 4) is 0 Å². The first kappa shape index (κ1) is 14.6.